The van der Waals surface area contributed by atoms with E-state index in [0.29, 0.717) is 5.92 Å². The number of hydrogen-bond acceptors (Lipinski definition) is 5. The number of rotatable bonds is 3. The molecule has 0 fully saturated rings. The fraction of sp³-hybridized carbons (Fsp3) is 0.529. The van der Waals surface area contributed by atoms with Gasteiger partial charge in [-0.05, 0) is 24.2 Å². The number of carbonyl (C=O) groups excluding carboxylic acids is 2. The SMILES string of the molecule is Cn1ncc(NC(=O)c2noc3c2CC(C(C)(C)C)CC3)c1C(N)=O. The number of primary amides is 1. The maximum atomic E-state index is 12.7. The van der Waals surface area contributed by atoms with E-state index in [1.807, 2.05) is 0 Å². The van der Waals surface area contributed by atoms with Crippen molar-refractivity contribution in [1.82, 2.24) is 14.9 Å². The Kier molecular flexibility index (Phi) is 4.14. The van der Waals surface area contributed by atoms with Crippen LogP contribution in [-0.4, -0.2) is 26.8 Å². The van der Waals surface area contributed by atoms with Crippen molar-refractivity contribution in [2.45, 2.75) is 40.0 Å². The molecule has 0 radical (unpaired) electrons. The lowest BCUT2D eigenvalue weighted by atomic mass is 9.71. The van der Waals surface area contributed by atoms with E-state index in [1.165, 1.54) is 10.9 Å². The van der Waals surface area contributed by atoms with Gasteiger partial charge in [0.15, 0.2) is 5.69 Å². The molecule has 25 heavy (non-hydrogen) atoms. The first-order valence-electron chi connectivity index (χ1n) is 8.29. The maximum absolute atomic E-state index is 12.7. The average molecular weight is 345 g/mol. The van der Waals surface area contributed by atoms with Crippen LogP contribution in [0.15, 0.2) is 10.7 Å². The standard InChI is InChI=1S/C17H23N5O3/c1-17(2,3)9-5-6-12-10(7-9)13(21-25-12)16(24)20-11-8-19-22(4)14(11)15(18)23/h8-9H,5-7H2,1-4H3,(H2,18,23)(H,20,24). The van der Waals surface area contributed by atoms with Gasteiger partial charge in [-0.15, -0.1) is 0 Å². The molecule has 0 aromatic carbocycles. The Morgan fingerprint density at radius 1 is 1.40 bits per heavy atom. The third-order valence-electron chi connectivity index (χ3n) is 4.90. The molecule has 2 aromatic rings. The summed E-state index contributed by atoms with van der Waals surface area (Å²) in [5.41, 5.74) is 7.01. The third kappa shape index (κ3) is 3.16. The van der Waals surface area contributed by atoms with Crippen molar-refractivity contribution in [2.24, 2.45) is 24.1 Å². The van der Waals surface area contributed by atoms with Crippen LogP contribution in [-0.2, 0) is 19.9 Å². The number of nitrogens with zero attached hydrogens (tertiary/aromatic N) is 3. The Labute approximate surface area is 145 Å². The second-order valence-electron chi connectivity index (χ2n) is 7.59. The smallest absolute Gasteiger partial charge is 0.278 e. The van der Waals surface area contributed by atoms with Gasteiger partial charge in [0.25, 0.3) is 11.8 Å². The number of aryl methyl sites for hydroxylation is 2. The number of nitrogens with two attached hydrogens (primary N) is 1. The van der Waals surface area contributed by atoms with Crippen LogP contribution in [0.4, 0.5) is 5.69 Å². The Morgan fingerprint density at radius 2 is 2.12 bits per heavy atom. The van der Waals surface area contributed by atoms with Crippen LogP contribution in [0.25, 0.3) is 0 Å². The Hall–Kier alpha value is -2.64. The predicted octanol–water partition coefficient (Wildman–Crippen LogP) is 1.91. The van der Waals surface area contributed by atoms with Crippen LogP contribution in [0.3, 0.4) is 0 Å². The van der Waals surface area contributed by atoms with Gasteiger partial charge in [0.2, 0.25) is 0 Å². The largest absolute Gasteiger partial charge is 0.364 e. The first kappa shape index (κ1) is 17.2. The molecule has 2 heterocycles. The van der Waals surface area contributed by atoms with Crippen molar-refractivity contribution in [1.29, 1.82) is 0 Å². The van der Waals surface area contributed by atoms with Gasteiger partial charge in [0, 0.05) is 19.0 Å². The number of hydrogen-bond donors (Lipinski definition) is 2. The minimum atomic E-state index is -0.662. The number of anilines is 1. The maximum Gasteiger partial charge on any atom is 0.278 e. The fourth-order valence-corrected chi connectivity index (χ4v) is 3.32. The van der Waals surface area contributed by atoms with E-state index < -0.39 is 11.8 Å². The molecule has 8 nitrogen and oxygen atoms in total. The molecule has 0 bridgehead atoms. The number of carbonyl (C=O) groups is 2. The van der Waals surface area contributed by atoms with Crippen molar-refractivity contribution >= 4 is 17.5 Å². The van der Waals surface area contributed by atoms with E-state index in [-0.39, 0.29) is 22.5 Å². The molecule has 0 aliphatic heterocycles. The molecule has 0 saturated carbocycles. The fourth-order valence-electron chi connectivity index (χ4n) is 3.32. The summed E-state index contributed by atoms with van der Waals surface area (Å²) >= 11 is 0. The van der Waals surface area contributed by atoms with Crippen LogP contribution >= 0.6 is 0 Å². The molecule has 1 aliphatic carbocycles. The van der Waals surface area contributed by atoms with Crippen LogP contribution < -0.4 is 11.1 Å². The van der Waals surface area contributed by atoms with Gasteiger partial charge in [-0.1, -0.05) is 25.9 Å². The highest BCUT2D eigenvalue weighted by Gasteiger charge is 2.34. The highest BCUT2D eigenvalue weighted by Crippen LogP contribution is 2.38. The minimum Gasteiger partial charge on any atom is -0.364 e. The highest BCUT2D eigenvalue weighted by atomic mass is 16.5. The van der Waals surface area contributed by atoms with E-state index in [9.17, 15) is 9.59 Å². The molecule has 3 rings (SSSR count). The zero-order chi connectivity index (χ0) is 18.4. The van der Waals surface area contributed by atoms with Crippen LogP contribution in [0.2, 0.25) is 0 Å². The van der Waals surface area contributed by atoms with E-state index in [4.69, 9.17) is 10.3 Å². The number of amides is 2. The molecule has 3 N–H and O–H groups in total. The summed E-state index contributed by atoms with van der Waals surface area (Å²) in [7, 11) is 1.58. The first-order chi connectivity index (χ1) is 11.7. The lowest BCUT2D eigenvalue weighted by molar-refractivity contribution is 0.0992. The summed E-state index contributed by atoms with van der Waals surface area (Å²) < 4.78 is 6.69. The van der Waals surface area contributed by atoms with E-state index in [2.05, 4.69) is 36.3 Å². The second-order valence-corrected chi connectivity index (χ2v) is 7.59. The zero-order valence-corrected chi connectivity index (χ0v) is 14.9. The molecule has 1 unspecified atom stereocenters. The quantitative estimate of drug-likeness (QED) is 0.881. The van der Waals surface area contributed by atoms with Crippen molar-refractivity contribution in [3.8, 4) is 0 Å². The van der Waals surface area contributed by atoms with Gasteiger partial charge in [-0.25, -0.2) is 0 Å². The van der Waals surface area contributed by atoms with Crippen LogP contribution in [0.5, 0.6) is 0 Å². The Morgan fingerprint density at radius 3 is 2.76 bits per heavy atom. The molecular formula is C17H23N5O3. The first-order valence-corrected chi connectivity index (χ1v) is 8.29. The lowest BCUT2D eigenvalue weighted by Gasteiger charge is -2.33. The van der Waals surface area contributed by atoms with Gasteiger partial charge < -0.3 is 15.6 Å². The topological polar surface area (TPSA) is 116 Å². The van der Waals surface area contributed by atoms with Gasteiger partial charge in [-0.3, -0.25) is 14.3 Å². The number of nitrogens with one attached hydrogen (secondary N) is 1. The molecule has 0 spiro atoms. The van der Waals surface area contributed by atoms with Gasteiger partial charge in [0.05, 0.1) is 11.9 Å². The van der Waals surface area contributed by atoms with Crippen LogP contribution in [0.1, 0.15) is 59.5 Å². The Balaban J connectivity index is 1.86. The molecule has 1 aliphatic rings. The van der Waals surface area contributed by atoms with Crippen LogP contribution in [0, 0.1) is 11.3 Å². The lowest BCUT2D eigenvalue weighted by Crippen LogP contribution is -2.28. The van der Waals surface area contributed by atoms with Gasteiger partial charge in [0.1, 0.15) is 11.5 Å². The van der Waals surface area contributed by atoms with E-state index in [1.54, 1.807) is 7.05 Å². The number of aromatic nitrogens is 3. The van der Waals surface area contributed by atoms with Crippen molar-refractivity contribution in [3.63, 3.8) is 0 Å². The average Bonchev–Trinajstić information content (AvgIpc) is 3.09. The molecule has 2 aromatic heterocycles. The normalized spacial score (nSPS) is 17.2. The van der Waals surface area contributed by atoms with Crippen molar-refractivity contribution in [2.75, 3.05) is 5.32 Å². The second kappa shape index (κ2) is 6.02. The summed E-state index contributed by atoms with van der Waals surface area (Å²) in [6.07, 6.45) is 3.93. The molecular weight excluding hydrogens is 322 g/mol. The van der Waals surface area contributed by atoms with Gasteiger partial charge in [-0.2, -0.15) is 5.10 Å². The zero-order valence-electron chi connectivity index (χ0n) is 14.9. The molecule has 2 amide bonds. The van der Waals surface area contributed by atoms with Crippen molar-refractivity contribution in [3.05, 3.63) is 28.9 Å². The van der Waals surface area contributed by atoms with E-state index >= 15 is 0 Å². The van der Waals surface area contributed by atoms with E-state index in [0.717, 1.165) is 30.6 Å². The molecule has 1 atom stereocenters. The highest BCUT2D eigenvalue weighted by molar-refractivity contribution is 6.07. The van der Waals surface area contributed by atoms with Crippen molar-refractivity contribution < 1.29 is 14.1 Å². The summed E-state index contributed by atoms with van der Waals surface area (Å²) in [5, 5.41) is 10.6. The minimum absolute atomic E-state index is 0.137. The monoisotopic (exact) mass is 345 g/mol. The summed E-state index contributed by atoms with van der Waals surface area (Å²) in [5.74, 6) is 0.137. The van der Waals surface area contributed by atoms with Gasteiger partial charge >= 0.3 is 0 Å². The molecule has 0 saturated heterocycles. The predicted molar refractivity (Wildman–Crippen MR) is 91.2 cm³/mol. The molecule has 8 heteroatoms. The Bertz CT molecular complexity index is 828. The number of fused-ring (bicyclic) bond motifs is 1. The summed E-state index contributed by atoms with van der Waals surface area (Å²) in [4.78, 5) is 24.2. The summed E-state index contributed by atoms with van der Waals surface area (Å²) in [6.45, 7) is 6.60. The molecule has 134 valence electrons. The third-order valence-corrected chi connectivity index (χ3v) is 4.90. The summed E-state index contributed by atoms with van der Waals surface area (Å²) in [6, 6.07) is 0.